The minimum atomic E-state index is -3.76. The Morgan fingerprint density at radius 3 is 2.04 bits per heavy atom. The number of benzene rings is 3. The molecule has 1 N–H and O–H groups in total. The molecule has 0 fully saturated rings. The molecule has 0 bridgehead atoms. The van der Waals surface area contributed by atoms with E-state index in [1.807, 2.05) is 37.3 Å². The van der Waals surface area contributed by atoms with Gasteiger partial charge in [-0.1, -0.05) is 71.8 Å². The Labute approximate surface area is 158 Å². The molecule has 6 heteroatoms. The summed E-state index contributed by atoms with van der Waals surface area (Å²) in [7, 11) is -3.76. The first-order valence-corrected chi connectivity index (χ1v) is 9.79. The zero-order chi connectivity index (χ0) is 18.6. The first kappa shape index (κ1) is 18.2. The van der Waals surface area contributed by atoms with Crippen LogP contribution in [0.15, 0.2) is 88.9 Å². The van der Waals surface area contributed by atoms with Gasteiger partial charge in [-0.05, 0) is 31.2 Å². The van der Waals surface area contributed by atoms with Crippen molar-refractivity contribution in [3.8, 4) is 0 Å². The lowest BCUT2D eigenvalue weighted by Gasteiger charge is -2.09. The fourth-order valence-corrected chi connectivity index (χ4v) is 3.31. The molecular formula is C20H17ClN2O2S. The van der Waals surface area contributed by atoms with Gasteiger partial charge in [0.25, 0.3) is 10.0 Å². The summed E-state index contributed by atoms with van der Waals surface area (Å²) in [6, 6.07) is 23.0. The average Bonchev–Trinajstić information content (AvgIpc) is 2.64. The van der Waals surface area contributed by atoms with Crippen LogP contribution >= 0.6 is 11.6 Å². The third-order valence-corrected chi connectivity index (χ3v) is 5.25. The van der Waals surface area contributed by atoms with Gasteiger partial charge in [-0.2, -0.15) is 18.4 Å². The van der Waals surface area contributed by atoms with E-state index >= 15 is 0 Å². The predicted molar refractivity (Wildman–Crippen MR) is 105 cm³/mol. The normalized spacial score (nSPS) is 12.0. The number of hydrazone groups is 1. The topological polar surface area (TPSA) is 58.5 Å². The van der Waals surface area contributed by atoms with E-state index in [1.54, 1.807) is 48.5 Å². The first-order valence-electron chi connectivity index (χ1n) is 7.93. The summed E-state index contributed by atoms with van der Waals surface area (Å²) in [5.74, 6) is 0. The Morgan fingerprint density at radius 2 is 1.42 bits per heavy atom. The van der Waals surface area contributed by atoms with Crippen LogP contribution in [0.2, 0.25) is 5.02 Å². The highest BCUT2D eigenvalue weighted by molar-refractivity contribution is 7.89. The van der Waals surface area contributed by atoms with E-state index in [-0.39, 0.29) is 4.90 Å². The van der Waals surface area contributed by atoms with Gasteiger partial charge >= 0.3 is 0 Å². The maximum atomic E-state index is 12.5. The second-order valence-electron chi connectivity index (χ2n) is 5.74. The van der Waals surface area contributed by atoms with Crippen molar-refractivity contribution in [1.82, 2.24) is 4.83 Å². The molecular weight excluding hydrogens is 368 g/mol. The van der Waals surface area contributed by atoms with Gasteiger partial charge in [0.2, 0.25) is 0 Å². The Bertz CT molecular complexity index is 1010. The molecule has 0 aliphatic rings. The van der Waals surface area contributed by atoms with Crippen LogP contribution in [0.1, 0.15) is 16.7 Å². The van der Waals surface area contributed by atoms with Gasteiger partial charge in [-0.25, -0.2) is 0 Å². The van der Waals surface area contributed by atoms with Crippen molar-refractivity contribution in [3.63, 3.8) is 0 Å². The number of sulfonamides is 1. The summed E-state index contributed by atoms with van der Waals surface area (Å²) in [6.45, 7) is 1.90. The molecule has 0 heterocycles. The van der Waals surface area contributed by atoms with Crippen molar-refractivity contribution in [2.24, 2.45) is 5.10 Å². The zero-order valence-corrected chi connectivity index (χ0v) is 15.6. The molecule has 0 atom stereocenters. The largest absolute Gasteiger partial charge is 0.276 e. The van der Waals surface area contributed by atoms with E-state index in [2.05, 4.69) is 9.93 Å². The van der Waals surface area contributed by atoms with Crippen LogP contribution in [0, 0.1) is 6.92 Å². The fourth-order valence-electron chi connectivity index (χ4n) is 2.38. The highest BCUT2D eigenvalue weighted by Gasteiger charge is 2.14. The van der Waals surface area contributed by atoms with Crippen molar-refractivity contribution in [2.75, 3.05) is 0 Å². The van der Waals surface area contributed by atoms with E-state index in [4.69, 9.17) is 11.6 Å². The lowest BCUT2D eigenvalue weighted by molar-refractivity contribution is 0.584. The molecule has 132 valence electrons. The van der Waals surface area contributed by atoms with E-state index in [0.717, 1.165) is 16.7 Å². The summed E-state index contributed by atoms with van der Waals surface area (Å²) in [5, 5.41) is 4.80. The van der Waals surface area contributed by atoms with Crippen LogP contribution in [0.4, 0.5) is 0 Å². The number of halogens is 1. The van der Waals surface area contributed by atoms with Gasteiger partial charge in [0.05, 0.1) is 10.6 Å². The predicted octanol–water partition coefficient (Wildman–Crippen LogP) is 4.38. The van der Waals surface area contributed by atoms with Crippen LogP contribution in [0.5, 0.6) is 0 Å². The van der Waals surface area contributed by atoms with E-state index < -0.39 is 10.0 Å². The Hall–Kier alpha value is -2.63. The van der Waals surface area contributed by atoms with E-state index in [9.17, 15) is 8.42 Å². The molecule has 0 amide bonds. The number of nitrogens with zero attached hydrogens (tertiary/aromatic N) is 1. The minimum Gasteiger partial charge on any atom is -0.200 e. The molecule has 3 rings (SSSR count). The summed E-state index contributed by atoms with van der Waals surface area (Å²) in [4.78, 5) is 2.50. The lowest BCUT2D eigenvalue weighted by Crippen LogP contribution is -2.21. The van der Waals surface area contributed by atoms with Gasteiger partial charge in [0, 0.05) is 16.1 Å². The van der Waals surface area contributed by atoms with Crippen LogP contribution in [0.3, 0.4) is 0 Å². The Morgan fingerprint density at radius 1 is 0.846 bits per heavy atom. The van der Waals surface area contributed by atoms with Gasteiger partial charge in [-0.3, -0.25) is 0 Å². The number of hydrogen-bond acceptors (Lipinski definition) is 3. The molecule has 0 aliphatic heterocycles. The number of rotatable bonds is 5. The van der Waals surface area contributed by atoms with E-state index in [1.165, 1.54) is 0 Å². The molecule has 0 unspecified atom stereocenters. The summed E-state index contributed by atoms with van der Waals surface area (Å²) in [6.07, 6.45) is 0. The maximum absolute atomic E-state index is 12.5. The molecule has 26 heavy (non-hydrogen) atoms. The molecule has 3 aromatic carbocycles. The molecule has 0 saturated heterocycles. The monoisotopic (exact) mass is 384 g/mol. The third kappa shape index (κ3) is 4.31. The van der Waals surface area contributed by atoms with Crippen molar-refractivity contribution >= 4 is 27.3 Å². The quantitative estimate of drug-likeness (QED) is 0.524. The minimum absolute atomic E-state index is 0.162. The molecule has 0 aliphatic carbocycles. The third-order valence-electron chi connectivity index (χ3n) is 3.77. The summed E-state index contributed by atoms with van der Waals surface area (Å²) < 4.78 is 25.1. The smallest absolute Gasteiger partial charge is 0.200 e. The second kappa shape index (κ2) is 7.72. The van der Waals surface area contributed by atoms with Crippen LogP contribution in [0.25, 0.3) is 0 Å². The summed E-state index contributed by atoms with van der Waals surface area (Å²) >= 11 is 5.95. The molecule has 0 radical (unpaired) electrons. The van der Waals surface area contributed by atoms with Crippen molar-refractivity contribution in [3.05, 3.63) is 101 Å². The van der Waals surface area contributed by atoms with Crippen LogP contribution in [-0.4, -0.2) is 14.1 Å². The van der Waals surface area contributed by atoms with Crippen molar-refractivity contribution in [2.45, 2.75) is 11.8 Å². The SMILES string of the molecule is Cc1ccc(S(=O)(=O)N/N=C(\c2ccccc2)c2ccc(Cl)cc2)cc1. The molecule has 0 aromatic heterocycles. The highest BCUT2D eigenvalue weighted by atomic mass is 35.5. The maximum Gasteiger partial charge on any atom is 0.276 e. The summed E-state index contributed by atoms with van der Waals surface area (Å²) in [5.41, 5.74) is 3.05. The Kier molecular flexibility index (Phi) is 5.40. The molecule has 4 nitrogen and oxygen atoms in total. The first-order chi connectivity index (χ1) is 12.5. The van der Waals surface area contributed by atoms with Gasteiger partial charge in [0.1, 0.15) is 0 Å². The molecule has 0 spiro atoms. The number of nitrogens with one attached hydrogen (secondary N) is 1. The zero-order valence-electron chi connectivity index (χ0n) is 14.1. The van der Waals surface area contributed by atoms with Gasteiger partial charge in [0.15, 0.2) is 0 Å². The number of hydrogen-bond donors (Lipinski definition) is 1. The van der Waals surface area contributed by atoms with Crippen molar-refractivity contribution in [1.29, 1.82) is 0 Å². The number of aryl methyl sites for hydroxylation is 1. The van der Waals surface area contributed by atoms with Crippen LogP contribution in [-0.2, 0) is 10.0 Å². The fraction of sp³-hybridized carbons (Fsp3) is 0.0500. The Balaban J connectivity index is 1.99. The lowest BCUT2D eigenvalue weighted by atomic mass is 10.0. The van der Waals surface area contributed by atoms with E-state index in [0.29, 0.717) is 10.7 Å². The van der Waals surface area contributed by atoms with Crippen LogP contribution < -0.4 is 4.83 Å². The van der Waals surface area contributed by atoms with Gasteiger partial charge in [-0.15, -0.1) is 0 Å². The second-order valence-corrected chi connectivity index (χ2v) is 7.84. The standard InChI is InChI=1S/C20H17ClN2O2S/c1-15-7-13-19(14-8-15)26(24,25)23-22-20(16-5-3-2-4-6-16)17-9-11-18(21)12-10-17/h2-14,23H,1H3/b22-20+. The highest BCUT2D eigenvalue weighted by Crippen LogP contribution is 2.16. The molecule has 3 aromatic rings. The molecule has 0 saturated carbocycles. The van der Waals surface area contributed by atoms with Gasteiger partial charge < -0.3 is 0 Å². The van der Waals surface area contributed by atoms with Crippen molar-refractivity contribution < 1.29 is 8.42 Å². The average molecular weight is 385 g/mol.